The number of imidazole rings is 1. The average molecular weight is 851 g/mol. The first-order valence-corrected chi connectivity index (χ1v) is 22.0. The van der Waals surface area contributed by atoms with Crippen molar-refractivity contribution in [1.29, 1.82) is 0 Å². The van der Waals surface area contributed by atoms with E-state index in [9.17, 15) is 19.2 Å². The highest BCUT2D eigenvalue weighted by molar-refractivity contribution is 7.99. The zero-order valence-corrected chi connectivity index (χ0v) is 36.1. The van der Waals surface area contributed by atoms with Crippen molar-refractivity contribution in [1.82, 2.24) is 35.7 Å². The van der Waals surface area contributed by atoms with Crippen molar-refractivity contribution in [3.05, 3.63) is 78.2 Å². The molecule has 4 N–H and O–H groups in total. The van der Waals surface area contributed by atoms with Gasteiger partial charge >= 0.3 is 12.2 Å². The first-order chi connectivity index (χ1) is 29.5. The minimum Gasteiger partial charge on any atom is -0.453 e. The third-order valence-corrected chi connectivity index (χ3v) is 13.6. The number of carbonyl (C=O) groups excluding carboxylic acids is 4. The molecule has 16 heteroatoms. The maximum absolute atomic E-state index is 13.9. The van der Waals surface area contributed by atoms with E-state index in [1.54, 1.807) is 30.0 Å². The van der Waals surface area contributed by atoms with Crippen LogP contribution < -0.4 is 16.0 Å². The molecule has 0 bridgehead atoms. The van der Waals surface area contributed by atoms with Crippen LogP contribution in [0.5, 0.6) is 0 Å². The summed E-state index contributed by atoms with van der Waals surface area (Å²) in [5.74, 6) is 1.88. The summed E-state index contributed by atoms with van der Waals surface area (Å²) in [7, 11) is 4.14. The Balaban J connectivity index is 0.916. The predicted octanol–water partition coefficient (Wildman–Crippen LogP) is 6.04. The summed E-state index contributed by atoms with van der Waals surface area (Å²) in [5.41, 5.74) is 5.28. The van der Waals surface area contributed by atoms with Crippen LogP contribution in [0, 0.1) is 11.3 Å². The van der Waals surface area contributed by atoms with Crippen LogP contribution in [0.25, 0.3) is 33.2 Å². The number of carbonyl (C=O) groups is 4. The van der Waals surface area contributed by atoms with Crippen molar-refractivity contribution in [2.75, 3.05) is 53.3 Å². The van der Waals surface area contributed by atoms with Crippen molar-refractivity contribution in [2.45, 2.75) is 69.1 Å². The summed E-state index contributed by atoms with van der Waals surface area (Å²) in [6.45, 7) is 5.98. The van der Waals surface area contributed by atoms with Gasteiger partial charge in [0.25, 0.3) is 0 Å². The third-order valence-electron chi connectivity index (χ3n) is 12.4. The lowest BCUT2D eigenvalue weighted by Crippen LogP contribution is -2.55. The van der Waals surface area contributed by atoms with Gasteiger partial charge in [0.05, 0.1) is 44.7 Å². The van der Waals surface area contributed by atoms with Crippen molar-refractivity contribution in [3.63, 3.8) is 0 Å². The molecule has 4 heterocycles. The molecule has 1 spiro atoms. The second kappa shape index (κ2) is 17.8. The molecule has 1 unspecified atom stereocenters. The summed E-state index contributed by atoms with van der Waals surface area (Å²) in [4.78, 5) is 68.4. The summed E-state index contributed by atoms with van der Waals surface area (Å²) >= 11 is 1.63. The molecule has 3 fully saturated rings. The zero-order valence-electron chi connectivity index (χ0n) is 35.2. The van der Waals surface area contributed by atoms with Gasteiger partial charge in [-0.05, 0) is 75.8 Å². The van der Waals surface area contributed by atoms with Crippen molar-refractivity contribution in [2.24, 2.45) is 16.3 Å². The standard InChI is InChI=1S/C45H54N8O7S/c1-26(2)37(51-44(57)60-5)41(55)53-25-45(15-16-45)22-36(53)38-46-24-35(48-38)32-13-12-30-20-29(10-11-31(30)21-32)27-6-8-28(9-7-27)34-23-47-39(49-34)42-52(17-19-61-42)40(54)33(14-18-58-3)50-43(56)59-4/h6-13,20-21,23,26,33,35-37,42H,14-19,22,24-25H2,1-5H3,(H,46,48)(H,47,49)(H,50,56)(H,51,57)/t33-,35?,36-,37-,42-/m0/s1. The van der Waals surface area contributed by atoms with Gasteiger partial charge in [0, 0.05) is 39.0 Å². The second-order valence-corrected chi connectivity index (χ2v) is 18.0. The van der Waals surface area contributed by atoms with E-state index in [2.05, 4.69) is 86.6 Å². The number of ether oxygens (including phenoxy) is 3. The molecule has 4 amide bonds. The lowest BCUT2D eigenvalue weighted by atomic mass is 9.97. The van der Waals surface area contributed by atoms with Gasteiger partial charge in [-0.2, -0.15) is 0 Å². The van der Waals surface area contributed by atoms with Crippen LogP contribution >= 0.6 is 11.8 Å². The van der Waals surface area contributed by atoms with Crippen molar-refractivity contribution >= 4 is 52.4 Å². The van der Waals surface area contributed by atoms with E-state index in [1.807, 2.05) is 18.7 Å². The third kappa shape index (κ3) is 8.92. The quantitative estimate of drug-likeness (QED) is 0.124. The Morgan fingerprint density at radius 2 is 1.59 bits per heavy atom. The van der Waals surface area contributed by atoms with E-state index in [0.717, 1.165) is 69.6 Å². The van der Waals surface area contributed by atoms with Crippen LogP contribution in [0.4, 0.5) is 9.59 Å². The number of nitrogens with zero attached hydrogens (tertiary/aromatic N) is 4. The first kappa shape index (κ1) is 42.1. The lowest BCUT2D eigenvalue weighted by Gasteiger charge is -2.31. The number of methoxy groups -OCH3 is 3. The van der Waals surface area contributed by atoms with Gasteiger partial charge in [-0.3, -0.25) is 14.6 Å². The van der Waals surface area contributed by atoms with E-state index in [0.29, 0.717) is 38.5 Å². The number of alkyl carbamates (subject to hydrolysis) is 2. The minimum atomic E-state index is -0.772. The topological polar surface area (TPSA) is 180 Å². The molecule has 8 rings (SSSR count). The van der Waals surface area contributed by atoms with Crippen LogP contribution in [-0.2, 0) is 23.8 Å². The van der Waals surface area contributed by atoms with E-state index in [4.69, 9.17) is 19.2 Å². The maximum Gasteiger partial charge on any atom is 0.407 e. The Bertz CT molecular complexity index is 2310. The Morgan fingerprint density at radius 3 is 2.31 bits per heavy atom. The molecule has 2 saturated heterocycles. The van der Waals surface area contributed by atoms with Crippen molar-refractivity contribution in [3.8, 4) is 22.4 Å². The Hall–Kier alpha value is -5.61. The number of amides is 4. The molecule has 1 aliphatic carbocycles. The smallest absolute Gasteiger partial charge is 0.407 e. The Labute approximate surface area is 359 Å². The van der Waals surface area contributed by atoms with Crippen LogP contribution in [0.1, 0.15) is 62.3 Å². The fourth-order valence-corrected chi connectivity index (χ4v) is 9.92. The number of aromatic nitrogens is 2. The van der Waals surface area contributed by atoms with Gasteiger partial charge in [0.1, 0.15) is 29.1 Å². The summed E-state index contributed by atoms with van der Waals surface area (Å²) in [6.07, 6.45) is 3.93. The fraction of sp³-hybridized carbons (Fsp3) is 0.467. The SMILES string of the molecule is COCC[C@H](NC(=O)OC)C(=O)N1CCS[C@H]1c1ncc(-c2ccc(-c3ccc4cc(C5CN=C([C@@H]6CC7(CC7)CN6C(=O)[C@@H](NC(=O)OC)C(C)C)N5)ccc4c3)cc2)[nH]1. The van der Waals surface area contributed by atoms with Crippen LogP contribution in [0.2, 0.25) is 0 Å². The molecule has 322 valence electrons. The second-order valence-electron chi connectivity index (χ2n) is 16.8. The molecule has 3 aromatic carbocycles. The van der Waals surface area contributed by atoms with Crippen molar-refractivity contribution < 1.29 is 33.4 Å². The minimum absolute atomic E-state index is 0.00590. The van der Waals surface area contributed by atoms with Gasteiger partial charge in [-0.25, -0.2) is 14.6 Å². The molecule has 4 aromatic rings. The van der Waals surface area contributed by atoms with Gasteiger partial charge in [-0.1, -0.05) is 62.4 Å². The summed E-state index contributed by atoms with van der Waals surface area (Å²) in [5, 5.41) is 11.0. The highest BCUT2D eigenvalue weighted by Gasteiger charge is 2.56. The number of likely N-dealkylation sites (tertiary alicyclic amines) is 1. The molecular formula is C45H54N8O7S. The van der Waals surface area contributed by atoms with E-state index >= 15 is 0 Å². The molecule has 61 heavy (non-hydrogen) atoms. The van der Waals surface area contributed by atoms with Gasteiger partial charge in [0.15, 0.2) is 0 Å². The molecule has 4 aliphatic rings. The van der Waals surface area contributed by atoms with Crippen LogP contribution in [0.3, 0.4) is 0 Å². The number of nitrogens with one attached hydrogen (secondary N) is 4. The number of aliphatic imine (C=N–C) groups is 1. The largest absolute Gasteiger partial charge is 0.453 e. The molecule has 15 nitrogen and oxygen atoms in total. The normalized spacial score (nSPS) is 21.3. The number of aromatic amines is 1. The number of H-pyrrole nitrogens is 1. The molecule has 1 saturated carbocycles. The summed E-state index contributed by atoms with van der Waals surface area (Å²) < 4.78 is 14.8. The van der Waals surface area contributed by atoms with Gasteiger partial charge < -0.3 is 44.9 Å². The molecule has 3 aliphatic heterocycles. The number of hydrogen-bond donors (Lipinski definition) is 4. The lowest BCUT2D eigenvalue weighted by molar-refractivity contribution is -0.135. The molecule has 0 radical (unpaired) electrons. The van der Waals surface area contributed by atoms with Crippen LogP contribution in [0.15, 0.2) is 71.9 Å². The number of benzene rings is 3. The molecular weight excluding hydrogens is 797 g/mol. The average Bonchev–Trinajstić information content (AvgIpc) is 3.81. The summed E-state index contributed by atoms with van der Waals surface area (Å²) in [6, 6.07) is 19.8. The molecule has 5 atom stereocenters. The number of rotatable bonds is 13. The number of thioether (sulfide) groups is 1. The highest BCUT2D eigenvalue weighted by atomic mass is 32.2. The Morgan fingerprint density at radius 1 is 0.885 bits per heavy atom. The highest BCUT2D eigenvalue weighted by Crippen LogP contribution is 2.55. The number of amidine groups is 1. The van der Waals surface area contributed by atoms with E-state index in [1.165, 1.54) is 14.2 Å². The van der Waals surface area contributed by atoms with Gasteiger partial charge in [0.2, 0.25) is 11.8 Å². The van der Waals surface area contributed by atoms with E-state index in [-0.39, 0.29) is 40.6 Å². The first-order valence-electron chi connectivity index (χ1n) is 20.9. The fourth-order valence-electron chi connectivity index (χ4n) is 8.73. The van der Waals surface area contributed by atoms with E-state index < -0.39 is 24.3 Å². The number of hydrogen-bond acceptors (Lipinski definition) is 11. The Kier molecular flexibility index (Phi) is 12.3. The maximum atomic E-state index is 13.9. The zero-order chi connectivity index (χ0) is 42.8. The van der Waals surface area contributed by atoms with Crippen LogP contribution in [-0.4, -0.2) is 121 Å². The van der Waals surface area contributed by atoms with Gasteiger partial charge in [-0.15, -0.1) is 11.8 Å². The predicted molar refractivity (Wildman–Crippen MR) is 234 cm³/mol. The molecule has 1 aromatic heterocycles. The monoisotopic (exact) mass is 850 g/mol. The number of fused-ring (bicyclic) bond motifs is 1.